The Morgan fingerprint density at radius 1 is 1.00 bits per heavy atom. The van der Waals surface area contributed by atoms with Crippen LogP contribution in [0.25, 0.3) is 11.1 Å². The molecule has 1 aliphatic rings. The van der Waals surface area contributed by atoms with E-state index in [1.54, 1.807) is 0 Å². The molecule has 4 N–H and O–H groups in total. The van der Waals surface area contributed by atoms with E-state index in [-0.39, 0.29) is 37.3 Å². The van der Waals surface area contributed by atoms with Crippen molar-refractivity contribution >= 4 is 18.0 Å². The highest BCUT2D eigenvalue weighted by molar-refractivity contribution is 5.79. The van der Waals surface area contributed by atoms with E-state index >= 15 is 0 Å². The van der Waals surface area contributed by atoms with Crippen LogP contribution in [-0.4, -0.2) is 54.0 Å². The number of carboxylic acid groups (broad SMARTS) is 1. The molecule has 0 saturated carbocycles. The minimum absolute atomic E-state index is 0.00285. The second-order valence-electron chi connectivity index (χ2n) is 8.01. The number of aliphatic hydroxyl groups excluding tert-OH is 1. The summed E-state index contributed by atoms with van der Waals surface area (Å²) in [6.45, 7) is 2.11. The van der Waals surface area contributed by atoms with Crippen LogP contribution in [0.15, 0.2) is 48.5 Å². The number of alkyl carbamates (subject to hydrolysis) is 1. The van der Waals surface area contributed by atoms with Crippen molar-refractivity contribution in [2.75, 3.05) is 19.7 Å². The highest BCUT2D eigenvalue weighted by atomic mass is 16.5. The number of ether oxygens (including phenoxy) is 1. The van der Waals surface area contributed by atoms with Crippen molar-refractivity contribution < 1.29 is 29.3 Å². The van der Waals surface area contributed by atoms with Gasteiger partial charge in [0.25, 0.3) is 0 Å². The second kappa shape index (κ2) is 10.8. The monoisotopic (exact) mass is 440 g/mol. The average molecular weight is 440 g/mol. The molecule has 0 spiro atoms. The summed E-state index contributed by atoms with van der Waals surface area (Å²) in [6, 6.07) is 16.2. The summed E-state index contributed by atoms with van der Waals surface area (Å²) in [5.41, 5.74) is 4.63. The van der Waals surface area contributed by atoms with Crippen molar-refractivity contribution in [1.82, 2.24) is 10.6 Å². The molecule has 0 saturated heterocycles. The largest absolute Gasteiger partial charge is 0.479 e. The third-order valence-electron chi connectivity index (χ3n) is 5.56. The number of hydrogen-bond acceptors (Lipinski definition) is 5. The lowest BCUT2D eigenvalue weighted by molar-refractivity contribution is -0.146. The van der Waals surface area contributed by atoms with Crippen LogP contribution in [0.1, 0.15) is 36.8 Å². The Morgan fingerprint density at radius 2 is 1.59 bits per heavy atom. The molecule has 32 heavy (non-hydrogen) atoms. The smallest absolute Gasteiger partial charge is 0.407 e. The van der Waals surface area contributed by atoms with Gasteiger partial charge in [0, 0.05) is 18.9 Å². The third kappa shape index (κ3) is 5.85. The summed E-state index contributed by atoms with van der Waals surface area (Å²) in [5.74, 6) is -1.77. The van der Waals surface area contributed by atoms with Crippen molar-refractivity contribution in [1.29, 1.82) is 0 Å². The number of carbonyl (C=O) groups is 3. The van der Waals surface area contributed by atoms with Crippen LogP contribution in [0, 0.1) is 5.92 Å². The topological polar surface area (TPSA) is 125 Å². The SMILES string of the molecule is CC(CCNC(=O)OCC1c2ccccc2-c2ccccc21)CC(=O)NC[C@H](O)C(=O)O. The molecule has 1 aliphatic carbocycles. The van der Waals surface area contributed by atoms with Gasteiger partial charge in [-0.1, -0.05) is 55.5 Å². The predicted octanol–water partition coefficient (Wildman–Crippen LogP) is 2.50. The van der Waals surface area contributed by atoms with Crippen molar-refractivity contribution in [2.45, 2.75) is 31.8 Å². The molecule has 0 bridgehead atoms. The lowest BCUT2D eigenvalue weighted by Crippen LogP contribution is -2.37. The Balaban J connectivity index is 1.40. The molecule has 1 unspecified atom stereocenters. The van der Waals surface area contributed by atoms with Crippen LogP contribution in [0.5, 0.6) is 0 Å². The molecule has 2 atom stereocenters. The molecular weight excluding hydrogens is 412 g/mol. The van der Waals surface area contributed by atoms with Crippen LogP contribution in [0.4, 0.5) is 4.79 Å². The van der Waals surface area contributed by atoms with E-state index in [0.29, 0.717) is 13.0 Å². The maximum absolute atomic E-state index is 12.2. The number of amides is 2. The van der Waals surface area contributed by atoms with Crippen LogP contribution >= 0.6 is 0 Å². The summed E-state index contributed by atoms with van der Waals surface area (Å²) in [7, 11) is 0. The fraction of sp³-hybridized carbons (Fsp3) is 0.375. The number of aliphatic hydroxyl groups is 1. The van der Waals surface area contributed by atoms with Gasteiger partial charge in [0.15, 0.2) is 6.10 Å². The summed E-state index contributed by atoms with van der Waals surface area (Å²) < 4.78 is 5.48. The predicted molar refractivity (Wildman–Crippen MR) is 118 cm³/mol. The molecule has 2 amide bonds. The zero-order valence-electron chi connectivity index (χ0n) is 17.9. The molecule has 0 aliphatic heterocycles. The number of rotatable bonds is 10. The minimum atomic E-state index is -1.62. The van der Waals surface area contributed by atoms with E-state index in [4.69, 9.17) is 9.84 Å². The second-order valence-corrected chi connectivity index (χ2v) is 8.01. The van der Waals surface area contributed by atoms with Crippen molar-refractivity contribution in [3.05, 3.63) is 59.7 Å². The first-order valence-electron chi connectivity index (χ1n) is 10.6. The highest BCUT2D eigenvalue weighted by Gasteiger charge is 2.29. The van der Waals surface area contributed by atoms with Crippen LogP contribution in [0.3, 0.4) is 0 Å². The maximum Gasteiger partial charge on any atom is 0.407 e. The van der Waals surface area contributed by atoms with Gasteiger partial charge >= 0.3 is 12.1 Å². The molecule has 0 heterocycles. The molecule has 170 valence electrons. The van der Waals surface area contributed by atoms with Gasteiger partial charge < -0.3 is 25.6 Å². The van der Waals surface area contributed by atoms with E-state index < -0.39 is 18.2 Å². The van der Waals surface area contributed by atoms with E-state index in [1.165, 1.54) is 11.1 Å². The van der Waals surface area contributed by atoms with E-state index in [0.717, 1.165) is 11.1 Å². The number of fused-ring (bicyclic) bond motifs is 3. The van der Waals surface area contributed by atoms with E-state index in [9.17, 15) is 19.5 Å². The van der Waals surface area contributed by atoms with E-state index in [2.05, 4.69) is 34.9 Å². The first-order valence-corrected chi connectivity index (χ1v) is 10.6. The highest BCUT2D eigenvalue weighted by Crippen LogP contribution is 2.44. The molecule has 0 aromatic heterocycles. The standard InChI is InChI=1S/C24H28N2O6/c1-15(12-22(28)26-13-21(27)23(29)30)10-11-25-24(31)32-14-20-18-8-4-2-6-16(18)17-7-3-5-9-19(17)20/h2-9,15,20-21,27H,10-14H2,1H3,(H,25,31)(H,26,28)(H,29,30)/t15?,21-/m0/s1. The Morgan fingerprint density at radius 3 is 2.19 bits per heavy atom. The van der Waals surface area contributed by atoms with Crippen molar-refractivity contribution in [3.63, 3.8) is 0 Å². The van der Waals surface area contributed by atoms with Gasteiger partial charge in [-0.2, -0.15) is 0 Å². The lowest BCUT2D eigenvalue weighted by atomic mass is 9.98. The van der Waals surface area contributed by atoms with Gasteiger partial charge in [-0.15, -0.1) is 0 Å². The molecular formula is C24H28N2O6. The third-order valence-corrected chi connectivity index (χ3v) is 5.56. The van der Waals surface area contributed by atoms with Crippen molar-refractivity contribution in [2.24, 2.45) is 5.92 Å². The summed E-state index contributed by atoms with van der Waals surface area (Å²) in [6.07, 6.45) is -1.41. The summed E-state index contributed by atoms with van der Waals surface area (Å²) in [4.78, 5) is 34.5. The normalized spacial score (nSPS) is 14.1. The van der Waals surface area contributed by atoms with Crippen LogP contribution < -0.4 is 10.6 Å². The molecule has 0 radical (unpaired) electrons. The average Bonchev–Trinajstić information content (AvgIpc) is 3.09. The fourth-order valence-electron chi connectivity index (χ4n) is 3.86. The van der Waals surface area contributed by atoms with Crippen LogP contribution in [0.2, 0.25) is 0 Å². The van der Waals surface area contributed by atoms with Gasteiger partial charge in [-0.05, 0) is 34.6 Å². The maximum atomic E-state index is 12.2. The summed E-state index contributed by atoms with van der Waals surface area (Å²) >= 11 is 0. The minimum Gasteiger partial charge on any atom is -0.479 e. The van der Waals surface area contributed by atoms with E-state index in [1.807, 2.05) is 31.2 Å². The number of hydrogen-bond donors (Lipinski definition) is 4. The zero-order chi connectivity index (χ0) is 23.1. The molecule has 2 aromatic rings. The van der Waals surface area contributed by atoms with Gasteiger partial charge in [0.05, 0.1) is 6.54 Å². The number of nitrogens with one attached hydrogen (secondary N) is 2. The first kappa shape index (κ1) is 23.3. The molecule has 0 fully saturated rings. The van der Waals surface area contributed by atoms with Crippen LogP contribution in [-0.2, 0) is 14.3 Å². The fourth-order valence-corrected chi connectivity index (χ4v) is 3.86. The molecule has 8 heteroatoms. The number of benzene rings is 2. The number of carboxylic acids is 1. The Bertz CT molecular complexity index is 931. The van der Waals surface area contributed by atoms with Gasteiger partial charge in [0.1, 0.15) is 6.61 Å². The number of carbonyl (C=O) groups excluding carboxylic acids is 2. The van der Waals surface area contributed by atoms with Crippen molar-refractivity contribution in [3.8, 4) is 11.1 Å². The van der Waals surface area contributed by atoms with Gasteiger partial charge in [-0.25, -0.2) is 9.59 Å². The summed E-state index contributed by atoms with van der Waals surface area (Å²) in [5, 5.41) is 22.9. The number of aliphatic carboxylic acids is 1. The van der Waals surface area contributed by atoms with Gasteiger partial charge in [0.2, 0.25) is 5.91 Å². The Kier molecular flexibility index (Phi) is 7.83. The quantitative estimate of drug-likeness (QED) is 0.450. The zero-order valence-corrected chi connectivity index (χ0v) is 17.9. The van der Waals surface area contributed by atoms with Gasteiger partial charge in [-0.3, -0.25) is 4.79 Å². The molecule has 3 rings (SSSR count). The molecule has 8 nitrogen and oxygen atoms in total. The lowest BCUT2D eigenvalue weighted by Gasteiger charge is -2.15. The molecule has 2 aromatic carbocycles. The Labute approximate surface area is 186 Å². The first-order chi connectivity index (χ1) is 15.4. The Hall–Kier alpha value is -3.39.